The SMILES string of the molecule is COC(=O)C(OC(=O)C=Cc1cnn(C)c1)c1cccc(Cl)c1. The molecular formula is C16H15ClN2O4. The lowest BCUT2D eigenvalue weighted by atomic mass is 10.1. The second-order valence-corrected chi connectivity index (χ2v) is 5.11. The van der Waals surface area contributed by atoms with Crippen molar-refractivity contribution < 1.29 is 19.1 Å². The Bertz CT molecular complexity index is 739. The van der Waals surface area contributed by atoms with Crippen LogP contribution in [0.25, 0.3) is 6.08 Å². The molecule has 0 N–H and O–H groups in total. The van der Waals surface area contributed by atoms with Gasteiger partial charge in [-0.05, 0) is 18.2 Å². The lowest BCUT2D eigenvalue weighted by Gasteiger charge is -2.15. The zero-order valence-electron chi connectivity index (χ0n) is 12.6. The zero-order valence-corrected chi connectivity index (χ0v) is 13.4. The number of aryl methyl sites for hydroxylation is 1. The number of rotatable bonds is 5. The van der Waals surface area contributed by atoms with E-state index in [1.807, 2.05) is 0 Å². The molecule has 2 rings (SSSR count). The number of nitrogens with zero attached hydrogens (tertiary/aromatic N) is 2. The minimum Gasteiger partial charge on any atom is -0.466 e. The molecular weight excluding hydrogens is 320 g/mol. The third-order valence-electron chi connectivity index (χ3n) is 2.94. The van der Waals surface area contributed by atoms with Gasteiger partial charge in [0.15, 0.2) is 0 Å². The lowest BCUT2D eigenvalue weighted by Crippen LogP contribution is -2.20. The van der Waals surface area contributed by atoms with Crippen LogP contribution in [0, 0.1) is 0 Å². The molecule has 0 saturated carbocycles. The van der Waals surface area contributed by atoms with E-state index in [1.54, 1.807) is 54.5 Å². The monoisotopic (exact) mass is 334 g/mol. The fraction of sp³-hybridized carbons (Fsp3) is 0.188. The van der Waals surface area contributed by atoms with Crippen molar-refractivity contribution >= 4 is 29.6 Å². The van der Waals surface area contributed by atoms with Crippen molar-refractivity contribution in [1.29, 1.82) is 0 Å². The Morgan fingerprint density at radius 1 is 1.39 bits per heavy atom. The van der Waals surface area contributed by atoms with E-state index >= 15 is 0 Å². The van der Waals surface area contributed by atoms with Crippen molar-refractivity contribution in [2.45, 2.75) is 6.10 Å². The molecule has 0 amide bonds. The fourth-order valence-corrected chi connectivity index (χ4v) is 2.07. The Kier molecular flexibility index (Phi) is 5.54. The van der Waals surface area contributed by atoms with Gasteiger partial charge in [0.2, 0.25) is 6.10 Å². The van der Waals surface area contributed by atoms with Gasteiger partial charge >= 0.3 is 11.9 Å². The van der Waals surface area contributed by atoms with Crippen LogP contribution in [0.3, 0.4) is 0 Å². The second kappa shape index (κ2) is 7.60. The molecule has 0 fully saturated rings. The van der Waals surface area contributed by atoms with Crippen LogP contribution in [-0.4, -0.2) is 28.8 Å². The van der Waals surface area contributed by atoms with Gasteiger partial charge < -0.3 is 9.47 Å². The summed E-state index contributed by atoms with van der Waals surface area (Å²) in [5.41, 5.74) is 1.18. The predicted octanol–water partition coefficient (Wildman–Crippen LogP) is 2.54. The third-order valence-corrected chi connectivity index (χ3v) is 3.17. The molecule has 120 valence electrons. The molecule has 1 aromatic carbocycles. The minimum absolute atomic E-state index is 0.429. The molecule has 1 atom stereocenters. The average Bonchev–Trinajstić information content (AvgIpc) is 2.95. The highest BCUT2D eigenvalue weighted by molar-refractivity contribution is 6.30. The van der Waals surface area contributed by atoms with Gasteiger partial charge in [0.05, 0.1) is 13.3 Å². The van der Waals surface area contributed by atoms with Gasteiger partial charge in [-0.3, -0.25) is 4.68 Å². The third kappa shape index (κ3) is 4.69. The summed E-state index contributed by atoms with van der Waals surface area (Å²) in [6.07, 6.45) is 4.92. The number of ether oxygens (including phenoxy) is 2. The van der Waals surface area contributed by atoms with Crippen LogP contribution in [-0.2, 0) is 26.1 Å². The van der Waals surface area contributed by atoms with Gasteiger partial charge in [0.25, 0.3) is 0 Å². The Morgan fingerprint density at radius 3 is 2.78 bits per heavy atom. The largest absolute Gasteiger partial charge is 0.466 e. The maximum Gasteiger partial charge on any atom is 0.351 e. The van der Waals surface area contributed by atoms with Crippen LogP contribution >= 0.6 is 11.6 Å². The Morgan fingerprint density at radius 2 is 2.17 bits per heavy atom. The first-order chi connectivity index (χ1) is 11.0. The Hall–Kier alpha value is -2.60. The lowest BCUT2D eigenvalue weighted by molar-refractivity contribution is -0.163. The number of halogens is 1. The van der Waals surface area contributed by atoms with Crippen LogP contribution < -0.4 is 0 Å². The van der Waals surface area contributed by atoms with Crippen molar-refractivity contribution in [3.63, 3.8) is 0 Å². The highest BCUT2D eigenvalue weighted by atomic mass is 35.5. The molecule has 2 aromatic rings. The molecule has 0 aliphatic carbocycles. The van der Waals surface area contributed by atoms with E-state index in [4.69, 9.17) is 16.3 Å². The molecule has 0 radical (unpaired) electrons. The molecule has 0 aliphatic heterocycles. The van der Waals surface area contributed by atoms with Gasteiger partial charge in [0.1, 0.15) is 0 Å². The van der Waals surface area contributed by atoms with Crippen molar-refractivity contribution in [1.82, 2.24) is 9.78 Å². The summed E-state index contributed by atoms with van der Waals surface area (Å²) in [5.74, 6) is -1.36. The number of esters is 2. The van der Waals surface area contributed by atoms with E-state index in [0.717, 1.165) is 5.56 Å². The summed E-state index contributed by atoms with van der Waals surface area (Å²) in [5, 5.41) is 4.41. The van der Waals surface area contributed by atoms with E-state index in [9.17, 15) is 9.59 Å². The standard InChI is InChI=1S/C16H15ClN2O4/c1-19-10-11(9-18-19)6-7-14(20)23-15(16(21)22-2)12-4-3-5-13(17)8-12/h3-10,15H,1-2H3. The molecule has 7 heteroatoms. The highest BCUT2D eigenvalue weighted by Crippen LogP contribution is 2.22. The van der Waals surface area contributed by atoms with E-state index in [-0.39, 0.29) is 0 Å². The van der Waals surface area contributed by atoms with E-state index in [0.29, 0.717) is 10.6 Å². The molecule has 23 heavy (non-hydrogen) atoms. The van der Waals surface area contributed by atoms with E-state index < -0.39 is 18.0 Å². The summed E-state index contributed by atoms with van der Waals surface area (Å²) >= 11 is 5.90. The number of benzene rings is 1. The van der Waals surface area contributed by atoms with Gasteiger partial charge in [-0.25, -0.2) is 9.59 Å². The number of methoxy groups -OCH3 is 1. The molecule has 1 heterocycles. The molecule has 6 nitrogen and oxygen atoms in total. The van der Waals surface area contributed by atoms with E-state index in [2.05, 4.69) is 9.84 Å². The van der Waals surface area contributed by atoms with Crippen LogP contribution in [0.4, 0.5) is 0 Å². The van der Waals surface area contributed by atoms with Gasteiger partial charge in [-0.15, -0.1) is 0 Å². The topological polar surface area (TPSA) is 70.4 Å². The Balaban J connectivity index is 2.13. The normalized spacial score (nSPS) is 12.1. The molecule has 1 unspecified atom stereocenters. The molecule has 0 aliphatic rings. The van der Waals surface area contributed by atoms with Gasteiger partial charge in [-0.1, -0.05) is 23.7 Å². The van der Waals surface area contributed by atoms with Crippen LogP contribution in [0.2, 0.25) is 5.02 Å². The highest BCUT2D eigenvalue weighted by Gasteiger charge is 2.25. The maximum absolute atomic E-state index is 11.9. The van der Waals surface area contributed by atoms with Crippen molar-refractivity contribution in [3.05, 3.63) is 58.9 Å². The second-order valence-electron chi connectivity index (χ2n) is 4.68. The van der Waals surface area contributed by atoms with Crippen LogP contribution in [0.15, 0.2) is 42.7 Å². The quantitative estimate of drug-likeness (QED) is 0.620. The average molecular weight is 335 g/mol. The van der Waals surface area contributed by atoms with Crippen molar-refractivity contribution in [2.75, 3.05) is 7.11 Å². The van der Waals surface area contributed by atoms with Crippen molar-refractivity contribution in [3.8, 4) is 0 Å². The molecule has 0 bridgehead atoms. The first-order valence-electron chi connectivity index (χ1n) is 6.70. The smallest absolute Gasteiger partial charge is 0.351 e. The van der Waals surface area contributed by atoms with Crippen LogP contribution in [0.1, 0.15) is 17.2 Å². The summed E-state index contributed by atoms with van der Waals surface area (Å²) in [6.45, 7) is 0. The van der Waals surface area contributed by atoms with E-state index in [1.165, 1.54) is 13.2 Å². The summed E-state index contributed by atoms with van der Waals surface area (Å²) in [7, 11) is 2.99. The first-order valence-corrected chi connectivity index (χ1v) is 7.08. The maximum atomic E-state index is 11.9. The molecule has 0 spiro atoms. The fourth-order valence-electron chi connectivity index (χ4n) is 1.87. The molecule has 0 saturated heterocycles. The van der Waals surface area contributed by atoms with Gasteiger partial charge in [-0.2, -0.15) is 5.10 Å². The van der Waals surface area contributed by atoms with Crippen LogP contribution in [0.5, 0.6) is 0 Å². The summed E-state index contributed by atoms with van der Waals surface area (Å²) in [6, 6.07) is 6.49. The zero-order chi connectivity index (χ0) is 16.8. The summed E-state index contributed by atoms with van der Waals surface area (Å²) < 4.78 is 11.5. The number of carbonyl (C=O) groups is 2. The van der Waals surface area contributed by atoms with Crippen molar-refractivity contribution in [2.24, 2.45) is 7.05 Å². The molecule has 1 aromatic heterocycles. The minimum atomic E-state index is -1.18. The number of hydrogen-bond donors (Lipinski definition) is 0. The first kappa shape index (κ1) is 16.8. The number of carbonyl (C=O) groups excluding carboxylic acids is 2. The summed E-state index contributed by atoms with van der Waals surface area (Å²) in [4.78, 5) is 23.8. The Labute approximate surface area is 138 Å². The number of aromatic nitrogens is 2. The van der Waals surface area contributed by atoms with Gasteiger partial charge in [0, 0.05) is 35.5 Å². The number of hydrogen-bond acceptors (Lipinski definition) is 5. The predicted molar refractivity (Wildman–Crippen MR) is 84.5 cm³/mol.